The zero-order valence-corrected chi connectivity index (χ0v) is 20.5. The molecule has 5 nitrogen and oxygen atoms in total. The second-order valence-corrected chi connectivity index (χ2v) is 9.31. The molecule has 1 rings (SSSR count). The molecule has 6 heteroatoms. The van der Waals surface area contributed by atoms with E-state index >= 15 is 0 Å². The molecule has 1 N–H and O–H groups in total. The highest BCUT2D eigenvalue weighted by Crippen LogP contribution is 2.50. The van der Waals surface area contributed by atoms with Crippen molar-refractivity contribution in [3.63, 3.8) is 0 Å². The van der Waals surface area contributed by atoms with Crippen molar-refractivity contribution in [2.75, 3.05) is 6.61 Å². The second-order valence-electron chi connectivity index (χ2n) is 7.90. The van der Waals surface area contributed by atoms with Crippen LogP contribution in [0.15, 0.2) is 60.8 Å². The van der Waals surface area contributed by atoms with Gasteiger partial charge in [0.1, 0.15) is 5.78 Å². The van der Waals surface area contributed by atoms with Crippen molar-refractivity contribution in [2.45, 2.75) is 90.1 Å². The third-order valence-electron chi connectivity index (χ3n) is 4.94. The molecule has 0 radical (unpaired) electrons. The van der Waals surface area contributed by atoms with Crippen molar-refractivity contribution in [1.82, 2.24) is 0 Å². The van der Waals surface area contributed by atoms with Gasteiger partial charge in [-0.3, -0.25) is 13.8 Å². The SMILES string of the molecule is CCCCC/C=C\C/C=C\C/C=C\C/C=C\C/C=C\CCC(=O)CCC1COP(=O)(O)O1. The monoisotopic (exact) mass is 464 g/mol. The number of unbranched alkanes of at least 4 members (excludes halogenated alkanes) is 3. The Balaban J connectivity index is 1.94. The van der Waals surface area contributed by atoms with Gasteiger partial charge in [0.2, 0.25) is 0 Å². The Hall–Kier alpha value is -1.52. The molecular weight excluding hydrogens is 423 g/mol. The summed E-state index contributed by atoms with van der Waals surface area (Å²) < 4.78 is 20.6. The number of ketones is 1. The van der Waals surface area contributed by atoms with Crippen LogP contribution in [0, 0.1) is 0 Å². The topological polar surface area (TPSA) is 72.8 Å². The minimum absolute atomic E-state index is 0.0794. The molecule has 0 aliphatic carbocycles. The van der Waals surface area contributed by atoms with E-state index in [-0.39, 0.29) is 12.4 Å². The molecule has 1 saturated heterocycles. The summed E-state index contributed by atoms with van der Waals surface area (Å²) in [5.41, 5.74) is 0. The van der Waals surface area contributed by atoms with Gasteiger partial charge < -0.3 is 4.89 Å². The Kier molecular flexibility index (Phi) is 16.9. The molecule has 1 fully saturated rings. The standard InChI is InChI=1S/C26H41O5P/c1-2-3-4-5-6-7-8-9-10-11-12-13-14-15-16-17-18-19-20-21-25(27)22-23-26-24-30-32(28,29)31-26/h6-7,9-10,12-13,15-16,18-19,26H,2-5,8,11,14,17,20-24H2,1H3,(H,28,29)/b7-6-,10-9-,13-12-,16-15-,19-18-. The third-order valence-corrected chi connectivity index (χ3v) is 5.98. The Morgan fingerprint density at radius 3 is 1.88 bits per heavy atom. The smallest absolute Gasteiger partial charge is 0.302 e. The normalized spacial score (nSPS) is 22.0. The summed E-state index contributed by atoms with van der Waals surface area (Å²) in [4.78, 5) is 21.0. The molecule has 1 aliphatic heterocycles. The van der Waals surface area contributed by atoms with Gasteiger partial charge in [-0.05, 0) is 51.4 Å². The fraction of sp³-hybridized carbons (Fsp3) is 0.577. The summed E-state index contributed by atoms with van der Waals surface area (Å²) in [6.07, 6.45) is 32.1. The van der Waals surface area contributed by atoms with Crippen LogP contribution in [0.4, 0.5) is 0 Å². The highest BCUT2D eigenvalue weighted by atomic mass is 31.2. The van der Waals surface area contributed by atoms with E-state index < -0.39 is 13.9 Å². The first-order valence-electron chi connectivity index (χ1n) is 12.0. The average molecular weight is 465 g/mol. The number of carbonyl (C=O) groups excluding carboxylic acids is 1. The predicted octanol–water partition coefficient (Wildman–Crippen LogP) is 7.55. The predicted molar refractivity (Wildman–Crippen MR) is 132 cm³/mol. The van der Waals surface area contributed by atoms with E-state index in [2.05, 4.69) is 66.1 Å². The molecular formula is C26H41O5P. The van der Waals surface area contributed by atoms with E-state index in [4.69, 9.17) is 9.42 Å². The molecule has 2 unspecified atom stereocenters. The summed E-state index contributed by atoms with van der Waals surface area (Å²) in [5.74, 6) is 0.135. The quantitative estimate of drug-likeness (QED) is 0.129. The number of rotatable bonds is 18. The summed E-state index contributed by atoms with van der Waals surface area (Å²) in [7, 11) is -3.86. The number of phosphoric ester groups is 1. The van der Waals surface area contributed by atoms with E-state index in [1.807, 2.05) is 6.08 Å². The lowest BCUT2D eigenvalue weighted by molar-refractivity contribution is -0.119. The first-order valence-corrected chi connectivity index (χ1v) is 13.5. The first-order chi connectivity index (χ1) is 15.5. The maximum Gasteiger partial charge on any atom is 0.472 e. The van der Waals surface area contributed by atoms with Crippen molar-refractivity contribution in [3.8, 4) is 0 Å². The van der Waals surface area contributed by atoms with E-state index in [0.717, 1.165) is 25.7 Å². The minimum atomic E-state index is -3.86. The van der Waals surface area contributed by atoms with Crippen LogP contribution in [0.3, 0.4) is 0 Å². The third kappa shape index (κ3) is 17.1. The van der Waals surface area contributed by atoms with Gasteiger partial charge in [0, 0.05) is 12.8 Å². The van der Waals surface area contributed by atoms with Gasteiger partial charge in [-0.25, -0.2) is 4.57 Å². The molecule has 0 bridgehead atoms. The maximum absolute atomic E-state index is 11.9. The molecule has 1 aliphatic rings. The lowest BCUT2D eigenvalue weighted by Crippen LogP contribution is -2.11. The highest BCUT2D eigenvalue weighted by Gasteiger charge is 2.34. The van der Waals surface area contributed by atoms with E-state index in [1.165, 1.54) is 25.7 Å². The van der Waals surface area contributed by atoms with Crippen molar-refractivity contribution in [3.05, 3.63) is 60.8 Å². The lowest BCUT2D eigenvalue weighted by atomic mass is 10.1. The minimum Gasteiger partial charge on any atom is -0.302 e. The molecule has 0 spiro atoms. The van der Waals surface area contributed by atoms with Gasteiger partial charge in [0.25, 0.3) is 0 Å². The van der Waals surface area contributed by atoms with Gasteiger partial charge in [-0.15, -0.1) is 0 Å². The first kappa shape index (κ1) is 28.5. The van der Waals surface area contributed by atoms with Gasteiger partial charge in [0.15, 0.2) is 0 Å². The van der Waals surface area contributed by atoms with Crippen LogP contribution in [0.5, 0.6) is 0 Å². The lowest BCUT2D eigenvalue weighted by Gasteiger charge is -2.05. The molecule has 2 atom stereocenters. The second kappa shape index (κ2) is 19.0. The molecule has 0 aromatic carbocycles. The number of carbonyl (C=O) groups is 1. The number of hydrogen-bond donors (Lipinski definition) is 1. The van der Waals surface area contributed by atoms with Crippen molar-refractivity contribution >= 4 is 13.6 Å². The van der Waals surface area contributed by atoms with Gasteiger partial charge in [-0.1, -0.05) is 80.5 Å². The maximum atomic E-state index is 11.9. The summed E-state index contributed by atoms with van der Waals surface area (Å²) in [6.45, 7) is 2.31. The van der Waals surface area contributed by atoms with Crippen LogP contribution in [0.25, 0.3) is 0 Å². The van der Waals surface area contributed by atoms with Gasteiger partial charge >= 0.3 is 7.82 Å². The largest absolute Gasteiger partial charge is 0.472 e. The molecule has 0 amide bonds. The van der Waals surface area contributed by atoms with Crippen LogP contribution < -0.4 is 0 Å². The van der Waals surface area contributed by atoms with E-state index in [0.29, 0.717) is 25.7 Å². The van der Waals surface area contributed by atoms with Crippen LogP contribution in [-0.2, 0) is 18.4 Å². The van der Waals surface area contributed by atoms with Crippen LogP contribution in [0.1, 0.15) is 84.0 Å². The molecule has 180 valence electrons. The fourth-order valence-electron chi connectivity index (χ4n) is 3.09. The van der Waals surface area contributed by atoms with Crippen molar-refractivity contribution < 1.29 is 23.3 Å². The van der Waals surface area contributed by atoms with Crippen LogP contribution >= 0.6 is 7.82 Å². The van der Waals surface area contributed by atoms with E-state index in [9.17, 15) is 9.36 Å². The molecule has 1 heterocycles. The summed E-state index contributed by atoms with van der Waals surface area (Å²) >= 11 is 0. The average Bonchev–Trinajstić information content (AvgIpc) is 3.12. The van der Waals surface area contributed by atoms with Crippen LogP contribution in [-0.4, -0.2) is 23.4 Å². The number of Topliss-reactive ketones (excluding diaryl/α,β-unsaturated/α-hetero) is 1. The fourth-order valence-corrected chi connectivity index (χ4v) is 4.04. The molecule has 32 heavy (non-hydrogen) atoms. The Morgan fingerprint density at radius 2 is 1.38 bits per heavy atom. The van der Waals surface area contributed by atoms with Crippen molar-refractivity contribution in [2.24, 2.45) is 0 Å². The zero-order valence-electron chi connectivity index (χ0n) is 19.6. The highest BCUT2D eigenvalue weighted by molar-refractivity contribution is 7.47. The summed E-state index contributed by atoms with van der Waals surface area (Å²) in [5, 5.41) is 0. The summed E-state index contributed by atoms with van der Waals surface area (Å²) in [6, 6.07) is 0. The Bertz CT molecular complexity index is 690. The number of hydrogen-bond acceptors (Lipinski definition) is 4. The Morgan fingerprint density at radius 1 is 0.844 bits per heavy atom. The van der Waals surface area contributed by atoms with Gasteiger partial charge in [0.05, 0.1) is 12.7 Å². The number of allylic oxidation sites excluding steroid dienone is 10. The zero-order chi connectivity index (χ0) is 23.3. The number of phosphoric acid groups is 1. The molecule has 0 aromatic heterocycles. The molecule has 0 aromatic rings. The Labute approximate surface area is 194 Å². The van der Waals surface area contributed by atoms with E-state index in [1.54, 1.807) is 0 Å². The van der Waals surface area contributed by atoms with Gasteiger partial charge in [-0.2, -0.15) is 0 Å². The van der Waals surface area contributed by atoms with Crippen molar-refractivity contribution in [1.29, 1.82) is 0 Å². The molecule has 0 saturated carbocycles. The van der Waals surface area contributed by atoms with Crippen LogP contribution in [0.2, 0.25) is 0 Å².